The summed E-state index contributed by atoms with van der Waals surface area (Å²) in [4.78, 5) is 0. The van der Waals surface area contributed by atoms with Crippen LogP contribution in [0.3, 0.4) is 0 Å². The molecule has 0 bridgehead atoms. The van der Waals surface area contributed by atoms with Gasteiger partial charge in [0.25, 0.3) is 0 Å². The molecule has 0 aromatic heterocycles. The Balaban J connectivity index is 1.67. The van der Waals surface area contributed by atoms with Gasteiger partial charge in [0.05, 0.1) is 12.2 Å². The van der Waals surface area contributed by atoms with E-state index in [0.717, 1.165) is 19.1 Å². The average Bonchev–Trinajstić information content (AvgIpc) is 2.73. The van der Waals surface area contributed by atoms with Crippen LogP contribution in [0.4, 0.5) is 0 Å². The van der Waals surface area contributed by atoms with Crippen molar-refractivity contribution in [2.24, 2.45) is 5.92 Å². The summed E-state index contributed by atoms with van der Waals surface area (Å²) in [7, 11) is 0. The van der Waals surface area contributed by atoms with Crippen LogP contribution < -0.4 is 5.32 Å². The molecular formula is C8H15NO2. The number of hydrogen-bond acceptors (Lipinski definition) is 3. The third-order valence-electron chi connectivity index (χ3n) is 2.37. The van der Waals surface area contributed by atoms with Gasteiger partial charge in [0.1, 0.15) is 0 Å². The average molecular weight is 157 g/mol. The van der Waals surface area contributed by atoms with Crippen LogP contribution in [0, 0.1) is 5.92 Å². The van der Waals surface area contributed by atoms with E-state index < -0.39 is 0 Å². The Hall–Kier alpha value is -0.120. The number of ether oxygens (including phenoxy) is 1. The van der Waals surface area contributed by atoms with E-state index >= 15 is 0 Å². The maximum Gasteiger partial charge on any atom is 0.0970 e. The monoisotopic (exact) mass is 157 g/mol. The Morgan fingerprint density at radius 1 is 1.36 bits per heavy atom. The fraction of sp³-hybridized carbons (Fsp3) is 1.00. The quantitative estimate of drug-likeness (QED) is 0.593. The fourth-order valence-electron chi connectivity index (χ4n) is 1.36. The first-order chi connectivity index (χ1) is 5.36. The molecule has 0 radical (unpaired) electrons. The van der Waals surface area contributed by atoms with E-state index in [1.165, 1.54) is 12.8 Å². The summed E-state index contributed by atoms with van der Waals surface area (Å²) in [6.45, 7) is 2.35. The number of aliphatic hydroxyl groups excluding tert-OH is 1. The standard InChI is InChI=1S/C8H15NO2/c10-7-3-9-4-8(7)11-5-6-1-2-6/h6-10H,1-5H2/t7-,8-/m1/s1. The van der Waals surface area contributed by atoms with Crippen molar-refractivity contribution in [3.05, 3.63) is 0 Å². The van der Waals surface area contributed by atoms with Crippen molar-refractivity contribution >= 4 is 0 Å². The van der Waals surface area contributed by atoms with Gasteiger partial charge in [-0.25, -0.2) is 0 Å². The van der Waals surface area contributed by atoms with Gasteiger partial charge in [-0.05, 0) is 18.8 Å². The molecule has 1 heterocycles. The molecule has 3 heteroatoms. The molecule has 2 fully saturated rings. The SMILES string of the molecule is O[C@@H]1CNC[C@H]1OCC1CC1. The van der Waals surface area contributed by atoms with E-state index in [9.17, 15) is 5.11 Å². The molecule has 0 aromatic carbocycles. The molecule has 2 atom stereocenters. The highest BCUT2D eigenvalue weighted by atomic mass is 16.5. The van der Waals surface area contributed by atoms with Crippen molar-refractivity contribution in [3.8, 4) is 0 Å². The first-order valence-electron chi connectivity index (χ1n) is 4.36. The first-order valence-corrected chi connectivity index (χ1v) is 4.36. The number of nitrogens with one attached hydrogen (secondary N) is 1. The van der Waals surface area contributed by atoms with Crippen LogP contribution in [-0.4, -0.2) is 37.0 Å². The van der Waals surface area contributed by atoms with Gasteiger partial charge < -0.3 is 15.2 Å². The Labute approximate surface area is 66.7 Å². The Bertz CT molecular complexity index is 136. The zero-order valence-electron chi connectivity index (χ0n) is 6.62. The van der Waals surface area contributed by atoms with Crippen molar-refractivity contribution < 1.29 is 9.84 Å². The summed E-state index contributed by atoms with van der Waals surface area (Å²) >= 11 is 0. The van der Waals surface area contributed by atoms with Crippen molar-refractivity contribution in [1.29, 1.82) is 0 Å². The summed E-state index contributed by atoms with van der Waals surface area (Å²) in [6.07, 6.45) is 2.40. The van der Waals surface area contributed by atoms with E-state index in [4.69, 9.17) is 4.74 Å². The first kappa shape index (κ1) is 7.53. The highest BCUT2D eigenvalue weighted by Gasteiger charge is 2.28. The predicted octanol–water partition coefficient (Wildman–Crippen LogP) is -0.254. The number of rotatable bonds is 3. The van der Waals surface area contributed by atoms with Gasteiger partial charge >= 0.3 is 0 Å². The Kier molecular flexibility index (Phi) is 2.11. The van der Waals surface area contributed by atoms with Gasteiger partial charge in [-0.1, -0.05) is 0 Å². The molecule has 3 nitrogen and oxygen atoms in total. The largest absolute Gasteiger partial charge is 0.389 e. The van der Waals surface area contributed by atoms with Crippen LogP contribution >= 0.6 is 0 Å². The lowest BCUT2D eigenvalue weighted by Gasteiger charge is -2.13. The molecule has 1 saturated carbocycles. The molecule has 0 unspecified atom stereocenters. The zero-order chi connectivity index (χ0) is 7.68. The molecule has 1 aliphatic carbocycles. The minimum Gasteiger partial charge on any atom is -0.389 e. The highest BCUT2D eigenvalue weighted by Crippen LogP contribution is 2.29. The van der Waals surface area contributed by atoms with E-state index in [2.05, 4.69) is 5.32 Å². The second-order valence-corrected chi connectivity index (χ2v) is 3.54. The van der Waals surface area contributed by atoms with Crippen LogP contribution in [-0.2, 0) is 4.74 Å². The van der Waals surface area contributed by atoms with Crippen LogP contribution in [0.1, 0.15) is 12.8 Å². The second kappa shape index (κ2) is 3.09. The molecule has 0 amide bonds. The van der Waals surface area contributed by atoms with E-state index in [0.29, 0.717) is 6.54 Å². The van der Waals surface area contributed by atoms with Gasteiger partial charge in [-0.3, -0.25) is 0 Å². The molecular weight excluding hydrogens is 142 g/mol. The summed E-state index contributed by atoms with van der Waals surface area (Å²) in [6, 6.07) is 0. The lowest BCUT2D eigenvalue weighted by atomic mass is 10.2. The Morgan fingerprint density at radius 3 is 2.73 bits per heavy atom. The molecule has 11 heavy (non-hydrogen) atoms. The summed E-state index contributed by atoms with van der Waals surface area (Å²) < 4.78 is 5.53. The van der Waals surface area contributed by atoms with Gasteiger partial charge in [0.2, 0.25) is 0 Å². The van der Waals surface area contributed by atoms with Gasteiger partial charge in [0, 0.05) is 19.7 Å². The summed E-state index contributed by atoms with van der Waals surface area (Å²) in [5, 5.41) is 12.4. The van der Waals surface area contributed by atoms with Crippen LogP contribution in [0.5, 0.6) is 0 Å². The minimum atomic E-state index is -0.284. The topological polar surface area (TPSA) is 41.5 Å². The van der Waals surface area contributed by atoms with E-state index in [1.54, 1.807) is 0 Å². The van der Waals surface area contributed by atoms with Gasteiger partial charge in [-0.2, -0.15) is 0 Å². The minimum absolute atomic E-state index is 0.0515. The van der Waals surface area contributed by atoms with Crippen molar-refractivity contribution in [1.82, 2.24) is 5.32 Å². The number of β-amino-alcohol motifs (C(OH)–C–C–N with tert-alkyl or cyclic N) is 1. The maximum absolute atomic E-state index is 9.33. The second-order valence-electron chi connectivity index (χ2n) is 3.54. The van der Waals surface area contributed by atoms with Crippen LogP contribution in [0.15, 0.2) is 0 Å². The van der Waals surface area contributed by atoms with Gasteiger partial charge in [-0.15, -0.1) is 0 Å². The van der Waals surface area contributed by atoms with Crippen molar-refractivity contribution in [2.45, 2.75) is 25.0 Å². The highest BCUT2D eigenvalue weighted by molar-refractivity contribution is 4.82. The molecule has 2 rings (SSSR count). The zero-order valence-corrected chi connectivity index (χ0v) is 6.62. The molecule has 64 valence electrons. The maximum atomic E-state index is 9.33. The van der Waals surface area contributed by atoms with E-state index in [-0.39, 0.29) is 12.2 Å². The normalized spacial score (nSPS) is 37.9. The van der Waals surface area contributed by atoms with Crippen LogP contribution in [0.2, 0.25) is 0 Å². The lowest BCUT2D eigenvalue weighted by molar-refractivity contribution is -0.0122. The molecule has 2 N–H and O–H groups in total. The van der Waals surface area contributed by atoms with Crippen LogP contribution in [0.25, 0.3) is 0 Å². The third kappa shape index (κ3) is 1.92. The summed E-state index contributed by atoms with van der Waals surface area (Å²) in [5.74, 6) is 0.794. The molecule has 1 saturated heterocycles. The predicted molar refractivity (Wildman–Crippen MR) is 41.3 cm³/mol. The van der Waals surface area contributed by atoms with E-state index in [1.807, 2.05) is 0 Å². The summed E-state index contributed by atoms with van der Waals surface area (Å²) in [5.41, 5.74) is 0. The van der Waals surface area contributed by atoms with Crippen molar-refractivity contribution in [2.75, 3.05) is 19.7 Å². The van der Waals surface area contributed by atoms with Crippen molar-refractivity contribution in [3.63, 3.8) is 0 Å². The molecule has 2 aliphatic rings. The van der Waals surface area contributed by atoms with Gasteiger partial charge in [0.15, 0.2) is 0 Å². The third-order valence-corrected chi connectivity index (χ3v) is 2.37. The molecule has 1 aliphatic heterocycles. The number of hydrogen-bond donors (Lipinski definition) is 2. The molecule has 0 spiro atoms. The fourth-order valence-corrected chi connectivity index (χ4v) is 1.36. The Morgan fingerprint density at radius 2 is 2.18 bits per heavy atom. The number of aliphatic hydroxyl groups is 1. The smallest absolute Gasteiger partial charge is 0.0970 e. The molecule has 0 aromatic rings. The lowest BCUT2D eigenvalue weighted by Crippen LogP contribution is -2.27.